The van der Waals surface area contributed by atoms with Crippen LogP contribution in [0.4, 0.5) is 0 Å². The van der Waals surface area contributed by atoms with Crippen molar-refractivity contribution in [3.8, 4) is 0 Å². The summed E-state index contributed by atoms with van der Waals surface area (Å²) < 4.78 is 10.2. The van der Waals surface area contributed by atoms with Crippen molar-refractivity contribution >= 4 is 5.97 Å². The predicted molar refractivity (Wildman–Crippen MR) is 80.3 cm³/mol. The van der Waals surface area contributed by atoms with Gasteiger partial charge < -0.3 is 19.7 Å². The van der Waals surface area contributed by atoms with Gasteiger partial charge in [0.15, 0.2) is 0 Å². The maximum Gasteiger partial charge on any atom is 0.309 e. The Hall–Kier alpha value is -0.650. The first-order valence-corrected chi connectivity index (χ1v) is 8.02. The molecule has 0 saturated heterocycles. The average Bonchev–Trinajstić information content (AvgIpc) is 2.46. The number of hydrogen-bond acceptors (Lipinski definition) is 4. The van der Waals surface area contributed by atoms with Gasteiger partial charge in [-0.15, -0.1) is 0 Å². The van der Waals surface area contributed by atoms with Crippen molar-refractivity contribution in [1.29, 1.82) is 0 Å². The highest BCUT2D eigenvalue weighted by atomic mass is 16.5. The first-order valence-electron chi connectivity index (χ1n) is 8.02. The van der Waals surface area contributed by atoms with E-state index < -0.39 is 17.5 Å². The molecule has 1 saturated carbocycles. The molecule has 21 heavy (non-hydrogen) atoms. The number of carboxylic acids is 1. The maximum atomic E-state index is 11.7. The van der Waals surface area contributed by atoms with Crippen LogP contribution < -0.4 is 0 Å². The molecule has 2 N–H and O–H groups in total. The number of ether oxygens (including phenoxy) is 2. The zero-order valence-corrected chi connectivity index (χ0v) is 13.3. The molecule has 0 bridgehead atoms. The lowest BCUT2D eigenvalue weighted by atomic mass is 9.67. The van der Waals surface area contributed by atoms with E-state index in [1.54, 1.807) is 7.11 Å². The smallest absolute Gasteiger partial charge is 0.309 e. The summed E-state index contributed by atoms with van der Waals surface area (Å²) in [6.45, 7) is 3.25. The van der Waals surface area contributed by atoms with Crippen molar-refractivity contribution in [2.45, 2.75) is 58.0 Å². The van der Waals surface area contributed by atoms with Crippen LogP contribution in [0, 0.1) is 11.3 Å². The molecule has 5 nitrogen and oxygen atoms in total. The van der Waals surface area contributed by atoms with Crippen LogP contribution in [-0.4, -0.2) is 49.2 Å². The quantitative estimate of drug-likeness (QED) is 0.606. The van der Waals surface area contributed by atoms with Crippen LogP contribution in [0.25, 0.3) is 0 Å². The van der Waals surface area contributed by atoms with E-state index in [0.717, 1.165) is 19.3 Å². The Balaban J connectivity index is 2.44. The third-order valence-corrected chi connectivity index (χ3v) is 4.58. The Labute approximate surface area is 127 Å². The van der Waals surface area contributed by atoms with Gasteiger partial charge in [-0.1, -0.05) is 19.8 Å². The fraction of sp³-hybridized carbons (Fsp3) is 0.938. The fourth-order valence-electron chi connectivity index (χ4n) is 3.30. The second kappa shape index (κ2) is 9.38. The Morgan fingerprint density at radius 2 is 2.00 bits per heavy atom. The molecule has 0 aromatic heterocycles. The molecule has 0 aliphatic heterocycles. The van der Waals surface area contributed by atoms with E-state index in [4.69, 9.17) is 9.47 Å². The lowest BCUT2D eigenvalue weighted by molar-refractivity contribution is -0.155. The molecule has 0 spiro atoms. The minimum atomic E-state index is -0.770. The van der Waals surface area contributed by atoms with Crippen LogP contribution in [0.3, 0.4) is 0 Å². The van der Waals surface area contributed by atoms with Gasteiger partial charge >= 0.3 is 5.97 Å². The van der Waals surface area contributed by atoms with Gasteiger partial charge in [0.2, 0.25) is 0 Å². The van der Waals surface area contributed by atoms with E-state index in [9.17, 15) is 15.0 Å². The van der Waals surface area contributed by atoms with Crippen molar-refractivity contribution in [1.82, 2.24) is 0 Å². The molecule has 1 rings (SSSR count). The van der Waals surface area contributed by atoms with Gasteiger partial charge in [0, 0.05) is 7.11 Å². The van der Waals surface area contributed by atoms with Crippen molar-refractivity contribution in [2.24, 2.45) is 11.3 Å². The highest BCUT2D eigenvalue weighted by Crippen LogP contribution is 2.43. The van der Waals surface area contributed by atoms with Crippen molar-refractivity contribution in [3.63, 3.8) is 0 Å². The maximum absolute atomic E-state index is 11.7. The summed E-state index contributed by atoms with van der Waals surface area (Å²) in [6, 6.07) is 0. The summed E-state index contributed by atoms with van der Waals surface area (Å²) in [7, 11) is 1.59. The lowest BCUT2D eigenvalue weighted by Gasteiger charge is -2.38. The standard InChI is InChI=1S/C16H30O5/c1-3-4-13-5-7-16(8-6-13,15(18)19)11-14(17)12-21-10-9-20-2/h13-14,17H,3-12H2,1-2H3,(H,18,19). The Kier molecular flexibility index (Phi) is 8.22. The number of aliphatic hydroxyl groups is 1. The number of rotatable bonds is 10. The second-order valence-corrected chi connectivity index (χ2v) is 6.24. The average molecular weight is 302 g/mol. The second-order valence-electron chi connectivity index (χ2n) is 6.24. The number of methoxy groups -OCH3 is 1. The van der Waals surface area contributed by atoms with Crippen LogP contribution in [0.1, 0.15) is 51.9 Å². The number of carbonyl (C=O) groups is 1. The largest absolute Gasteiger partial charge is 0.481 e. The number of aliphatic carboxylic acids is 1. The molecular weight excluding hydrogens is 272 g/mol. The predicted octanol–water partition coefficient (Wildman–Crippen LogP) is 2.46. The van der Waals surface area contributed by atoms with Crippen LogP contribution in [0.5, 0.6) is 0 Å². The minimum Gasteiger partial charge on any atom is -0.481 e. The summed E-state index contributed by atoms with van der Waals surface area (Å²) in [5, 5.41) is 19.6. The Morgan fingerprint density at radius 1 is 1.33 bits per heavy atom. The topological polar surface area (TPSA) is 76.0 Å². The molecule has 0 amide bonds. The van der Waals surface area contributed by atoms with E-state index in [-0.39, 0.29) is 13.0 Å². The van der Waals surface area contributed by atoms with Gasteiger partial charge in [0.25, 0.3) is 0 Å². The Morgan fingerprint density at radius 3 is 2.52 bits per heavy atom. The van der Waals surface area contributed by atoms with E-state index in [2.05, 4.69) is 6.92 Å². The third kappa shape index (κ3) is 5.93. The van der Waals surface area contributed by atoms with Gasteiger partial charge in [0.05, 0.1) is 31.3 Å². The summed E-state index contributed by atoms with van der Waals surface area (Å²) >= 11 is 0. The summed E-state index contributed by atoms with van der Waals surface area (Å²) in [5.74, 6) is -0.119. The zero-order valence-electron chi connectivity index (χ0n) is 13.3. The van der Waals surface area contributed by atoms with Crippen LogP contribution in [0.15, 0.2) is 0 Å². The summed E-state index contributed by atoms with van der Waals surface area (Å²) in [6.07, 6.45) is 5.15. The molecule has 5 heteroatoms. The van der Waals surface area contributed by atoms with Crippen LogP contribution in [0.2, 0.25) is 0 Å². The van der Waals surface area contributed by atoms with E-state index in [1.165, 1.54) is 6.42 Å². The monoisotopic (exact) mass is 302 g/mol. The van der Waals surface area contributed by atoms with Crippen molar-refractivity contribution < 1.29 is 24.5 Å². The molecule has 0 aromatic carbocycles. The third-order valence-electron chi connectivity index (χ3n) is 4.58. The van der Waals surface area contributed by atoms with Gasteiger partial charge in [-0.25, -0.2) is 0 Å². The van der Waals surface area contributed by atoms with Crippen molar-refractivity contribution in [2.75, 3.05) is 26.9 Å². The van der Waals surface area contributed by atoms with Gasteiger partial charge in [-0.05, 0) is 38.0 Å². The highest BCUT2D eigenvalue weighted by Gasteiger charge is 2.43. The molecule has 0 aromatic rings. The molecule has 1 unspecified atom stereocenters. The normalized spacial score (nSPS) is 27.5. The van der Waals surface area contributed by atoms with Gasteiger partial charge in [-0.3, -0.25) is 4.79 Å². The SMILES string of the molecule is CCCC1CCC(CC(O)COCCOC)(C(=O)O)CC1. The summed E-state index contributed by atoms with van der Waals surface area (Å²) in [4.78, 5) is 11.7. The highest BCUT2D eigenvalue weighted by molar-refractivity contribution is 5.74. The number of carboxylic acid groups (broad SMARTS) is 1. The first kappa shape index (κ1) is 18.4. The molecule has 0 heterocycles. The Bertz CT molecular complexity index is 297. The molecular formula is C16H30O5. The molecule has 1 atom stereocenters. The number of aliphatic hydroxyl groups excluding tert-OH is 1. The molecule has 1 aliphatic carbocycles. The number of hydrogen-bond donors (Lipinski definition) is 2. The van der Waals surface area contributed by atoms with Crippen LogP contribution in [-0.2, 0) is 14.3 Å². The van der Waals surface area contributed by atoms with Gasteiger partial charge in [-0.2, -0.15) is 0 Å². The van der Waals surface area contributed by atoms with Crippen molar-refractivity contribution in [3.05, 3.63) is 0 Å². The van der Waals surface area contributed by atoms with E-state index >= 15 is 0 Å². The van der Waals surface area contributed by atoms with E-state index in [0.29, 0.717) is 32.0 Å². The molecule has 0 radical (unpaired) electrons. The summed E-state index contributed by atoms with van der Waals surface area (Å²) in [5.41, 5.74) is -0.770. The fourth-order valence-corrected chi connectivity index (χ4v) is 3.30. The zero-order chi connectivity index (χ0) is 15.7. The molecule has 1 fully saturated rings. The van der Waals surface area contributed by atoms with E-state index in [1.807, 2.05) is 0 Å². The molecule has 124 valence electrons. The van der Waals surface area contributed by atoms with Crippen LogP contribution >= 0.6 is 0 Å². The minimum absolute atomic E-state index is 0.177. The molecule has 1 aliphatic rings. The first-order chi connectivity index (χ1) is 10.0. The lowest BCUT2D eigenvalue weighted by Crippen LogP contribution is -2.39. The van der Waals surface area contributed by atoms with Gasteiger partial charge in [0.1, 0.15) is 0 Å².